The molecule has 0 aliphatic rings. The standard InChI is InChI=1S/C13H13NS.ClH/c14-12-8-6-11(7-9-12)10-15-13-4-2-1-3-5-13;/h1-9H,10,14H2;1H. The molecule has 84 valence electrons. The number of nitrogen functional groups attached to an aromatic ring is 1. The van der Waals surface area contributed by atoms with Crippen LogP contribution in [0.5, 0.6) is 0 Å². The highest BCUT2D eigenvalue weighted by Gasteiger charge is 1.95. The number of thioether (sulfide) groups is 1. The molecule has 2 N–H and O–H groups in total. The fourth-order valence-corrected chi connectivity index (χ4v) is 2.17. The number of hydrogen-bond acceptors (Lipinski definition) is 2. The van der Waals surface area contributed by atoms with E-state index in [9.17, 15) is 0 Å². The van der Waals surface area contributed by atoms with Crippen molar-refractivity contribution in [3.8, 4) is 0 Å². The molecule has 2 aromatic rings. The minimum absolute atomic E-state index is 0. The Labute approximate surface area is 106 Å². The van der Waals surface area contributed by atoms with E-state index in [1.54, 1.807) is 0 Å². The van der Waals surface area contributed by atoms with Crippen molar-refractivity contribution in [1.29, 1.82) is 0 Å². The summed E-state index contributed by atoms with van der Waals surface area (Å²) in [5.74, 6) is 0.990. The fraction of sp³-hybridized carbons (Fsp3) is 0.0769. The molecule has 0 saturated heterocycles. The summed E-state index contributed by atoms with van der Waals surface area (Å²) in [6, 6.07) is 18.5. The van der Waals surface area contributed by atoms with Gasteiger partial charge in [-0.25, -0.2) is 0 Å². The summed E-state index contributed by atoms with van der Waals surface area (Å²) >= 11 is 1.84. The fourth-order valence-electron chi connectivity index (χ4n) is 1.30. The van der Waals surface area contributed by atoms with Crippen molar-refractivity contribution in [2.75, 3.05) is 5.73 Å². The summed E-state index contributed by atoms with van der Waals surface area (Å²) in [7, 11) is 0. The summed E-state index contributed by atoms with van der Waals surface area (Å²) in [6.07, 6.45) is 0. The third-order valence-corrected chi connectivity index (χ3v) is 3.21. The third-order valence-electron chi connectivity index (χ3n) is 2.13. The normalized spacial score (nSPS) is 9.50. The maximum atomic E-state index is 5.63. The number of hydrogen-bond donors (Lipinski definition) is 1. The van der Waals surface area contributed by atoms with Gasteiger partial charge in [-0.15, -0.1) is 24.2 Å². The molecular formula is C13H14ClNS. The third kappa shape index (κ3) is 3.80. The second-order valence-electron chi connectivity index (χ2n) is 3.34. The van der Waals surface area contributed by atoms with Gasteiger partial charge >= 0.3 is 0 Å². The quantitative estimate of drug-likeness (QED) is 0.660. The first-order valence-corrected chi connectivity index (χ1v) is 5.85. The number of benzene rings is 2. The lowest BCUT2D eigenvalue weighted by molar-refractivity contribution is 1.38. The average molecular weight is 252 g/mol. The highest BCUT2D eigenvalue weighted by atomic mass is 35.5. The van der Waals surface area contributed by atoms with Crippen molar-refractivity contribution in [1.82, 2.24) is 0 Å². The molecule has 0 amide bonds. The molecular weight excluding hydrogens is 238 g/mol. The second-order valence-corrected chi connectivity index (χ2v) is 4.39. The lowest BCUT2D eigenvalue weighted by Gasteiger charge is -2.02. The Bertz CT molecular complexity index is 414. The van der Waals surface area contributed by atoms with Crippen LogP contribution in [0.1, 0.15) is 5.56 Å². The van der Waals surface area contributed by atoms with Gasteiger partial charge in [-0.1, -0.05) is 30.3 Å². The van der Waals surface area contributed by atoms with Gasteiger partial charge in [0.25, 0.3) is 0 Å². The Balaban J connectivity index is 0.00000128. The molecule has 0 aliphatic carbocycles. The molecule has 0 fully saturated rings. The molecule has 0 saturated carbocycles. The topological polar surface area (TPSA) is 26.0 Å². The van der Waals surface area contributed by atoms with Crippen molar-refractivity contribution in [3.63, 3.8) is 0 Å². The van der Waals surface area contributed by atoms with Crippen LogP contribution >= 0.6 is 24.2 Å². The first-order chi connectivity index (χ1) is 7.34. The van der Waals surface area contributed by atoms with Crippen molar-refractivity contribution < 1.29 is 0 Å². The van der Waals surface area contributed by atoms with Gasteiger partial charge in [0.05, 0.1) is 0 Å². The number of anilines is 1. The molecule has 3 heteroatoms. The van der Waals surface area contributed by atoms with Crippen molar-refractivity contribution in [2.24, 2.45) is 0 Å². The zero-order chi connectivity index (χ0) is 10.5. The number of nitrogens with two attached hydrogens (primary N) is 1. The van der Waals surface area contributed by atoms with Crippen LogP contribution in [0.3, 0.4) is 0 Å². The van der Waals surface area contributed by atoms with E-state index in [4.69, 9.17) is 5.73 Å². The maximum Gasteiger partial charge on any atom is 0.0314 e. The highest BCUT2D eigenvalue weighted by molar-refractivity contribution is 7.98. The number of rotatable bonds is 3. The summed E-state index contributed by atoms with van der Waals surface area (Å²) in [4.78, 5) is 1.30. The van der Waals surface area contributed by atoms with Crippen LogP contribution in [0.25, 0.3) is 0 Å². The van der Waals surface area contributed by atoms with E-state index in [1.165, 1.54) is 10.5 Å². The summed E-state index contributed by atoms with van der Waals surface area (Å²) in [5.41, 5.74) is 7.75. The first-order valence-electron chi connectivity index (χ1n) is 4.87. The molecule has 0 aromatic heterocycles. The largest absolute Gasteiger partial charge is 0.399 e. The smallest absolute Gasteiger partial charge is 0.0314 e. The van der Waals surface area contributed by atoms with E-state index in [1.807, 2.05) is 30.0 Å². The van der Waals surface area contributed by atoms with E-state index in [-0.39, 0.29) is 12.4 Å². The monoisotopic (exact) mass is 251 g/mol. The summed E-state index contributed by atoms with van der Waals surface area (Å²) < 4.78 is 0. The minimum Gasteiger partial charge on any atom is -0.399 e. The second kappa shape index (κ2) is 6.46. The molecule has 16 heavy (non-hydrogen) atoms. The van der Waals surface area contributed by atoms with Crippen LogP contribution in [-0.2, 0) is 5.75 Å². The van der Waals surface area contributed by atoms with Gasteiger partial charge in [0.15, 0.2) is 0 Å². The molecule has 0 radical (unpaired) electrons. The molecule has 1 nitrogen and oxygen atoms in total. The Morgan fingerprint density at radius 3 is 2.12 bits per heavy atom. The SMILES string of the molecule is Cl.Nc1ccc(CSc2ccccc2)cc1. The van der Waals surface area contributed by atoms with Gasteiger partial charge in [-0.05, 0) is 29.8 Å². The molecule has 0 bridgehead atoms. The maximum absolute atomic E-state index is 5.63. The molecule has 2 aromatic carbocycles. The highest BCUT2D eigenvalue weighted by Crippen LogP contribution is 2.22. The average Bonchev–Trinajstić information content (AvgIpc) is 2.30. The van der Waals surface area contributed by atoms with Crippen LogP contribution in [0.4, 0.5) is 5.69 Å². The Hall–Kier alpha value is -1.12. The lowest BCUT2D eigenvalue weighted by atomic mass is 10.2. The minimum atomic E-state index is 0. The van der Waals surface area contributed by atoms with Gasteiger partial charge < -0.3 is 5.73 Å². The van der Waals surface area contributed by atoms with Crippen LogP contribution < -0.4 is 5.73 Å². The lowest BCUT2D eigenvalue weighted by Crippen LogP contribution is -1.85. The zero-order valence-corrected chi connectivity index (χ0v) is 10.4. The Morgan fingerprint density at radius 1 is 0.875 bits per heavy atom. The zero-order valence-electron chi connectivity index (χ0n) is 8.80. The van der Waals surface area contributed by atoms with Crippen molar-refractivity contribution in [3.05, 3.63) is 60.2 Å². The summed E-state index contributed by atoms with van der Waals surface area (Å²) in [5, 5.41) is 0. The van der Waals surface area contributed by atoms with E-state index >= 15 is 0 Å². The van der Waals surface area contributed by atoms with Gasteiger partial charge in [0.2, 0.25) is 0 Å². The van der Waals surface area contributed by atoms with Gasteiger partial charge in [-0.3, -0.25) is 0 Å². The molecule has 0 spiro atoms. The van der Waals surface area contributed by atoms with Crippen LogP contribution in [-0.4, -0.2) is 0 Å². The Morgan fingerprint density at radius 2 is 1.50 bits per heavy atom. The Kier molecular flexibility index (Phi) is 5.23. The predicted octanol–water partition coefficient (Wildman–Crippen LogP) is 3.98. The van der Waals surface area contributed by atoms with Crippen LogP contribution in [0.2, 0.25) is 0 Å². The predicted molar refractivity (Wildman–Crippen MR) is 74.1 cm³/mol. The van der Waals surface area contributed by atoms with Gasteiger partial charge in [0, 0.05) is 16.3 Å². The van der Waals surface area contributed by atoms with Crippen molar-refractivity contribution >= 4 is 29.9 Å². The first kappa shape index (κ1) is 12.9. The molecule has 2 rings (SSSR count). The molecule has 0 aliphatic heterocycles. The number of halogens is 1. The molecule has 0 unspecified atom stereocenters. The van der Waals surface area contributed by atoms with E-state index in [2.05, 4.69) is 36.4 Å². The van der Waals surface area contributed by atoms with Gasteiger partial charge in [0.1, 0.15) is 0 Å². The van der Waals surface area contributed by atoms with E-state index in [0.29, 0.717) is 0 Å². The van der Waals surface area contributed by atoms with E-state index < -0.39 is 0 Å². The summed E-state index contributed by atoms with van der Waals surface area (Å²) in [6.45, 7) is 0. The van der Waals surface area contributed by atoms with Crippen LogP contribution in [0, 0.1) is 0 Å². The van der Waals surface area contributed by atoms with Gasteiger partial charge in [-0.2, -0.15) is 0 Å². The van der Waals surface area contributed by atoms with Crippen LogP contribution in [0.15, 0.2) is 59.5 Å². The molecule has 0 atom stereocenters. The van der Waals surface area contributed by atoms with Crippen molar-refractivity contribution in [2.45, 2.75) is 10.6 Å². The molecule has 0 heterocycles. The van der Waals surface area contributed by atoms with E-state index in [0.717, 1.165) is 11.4 Å².